The predicted octanol–water partition coefficient (Wildman–Crippen LogP) is 1.27. The molecule has 1 amide bonds. The number of rotatable bonds is 1. The monoisotopic (exact) mass is 219 g/mol. The maximum atomic E-state index is 11.3. The standard InChI is InChI=1S/C12H17N3O/c1-7-5-10(15-8(2)12(7)13)9-3-4-14-11(16)6-9/h5,9H,3-4,6,13H2,1-2H3,(H,14,16)/t9-/m0/s1. The fourth-order valence-electron chi connectivity index (χ4n) is 2.12. The van der Waals surface area contributed by atoms with E-state index in [-0.39, 0.29) is 11.8 Å². The van der Waals surface area contributed by atoms with E-state index in [1.54, 1.807) is 0 Å². The number of carbonyl (C=O) groups excluding carboxylic acids is 1. The van der Waals surface area contributed by atoms with Crippen LogP contribution in [0.5, 0.6) is 0 Å². The van der Waals surface area contributed by atoms with Crippen molar-refractivity contribution < 1.29 is 4.79 Å². The SMILES string of the molecule is Cc1cc([C@H]2CCNC(=O)C2)nc(C)c1N. The molecule has 2 rings (SSSR count). The van der Waals surface area contributed by atoms with E-state index in [1.165, 1.54) is 0 Å². The molecule has 0 spiro atoms. The van der Waals surface area contributed by atoms with Crippen LogP contribution in [0.1, 0.15) is 35.7 Å². The first kappa shape index (κ1) is 10.9. The molecule has 86 valence electrons. The van der Waals surface area contributed by atoms with Gasteiger partial charge in [-0.05, 0) is 31.9 Å². The summed E-state index contributed by atoms with van der Waals surface area (Å²) in [5.41, 5.74) is 9.53. The van der Waals surface area contributed by atoms with Gasteiger partial charge in [0.25, 0.3) is 0 Å². The van der Waals surface area contributed by atoms with Gasteiger partial charge in [-0.3, -0.25) is 9.78 Å². The maximum Gasteiger partial charge on any atom is 0.220 e. The number of aromatic nitrogens is 1. The van der Waals surface area contributed by atoms with Gasteiger partial charge in [0, 0.05) is 24.6 Å². The average Bonchev–Trinajstić information content (AvgIpc) is 2.25. The van der Waals surface area contributed by atoms with E-state index >= 15 is 0 Å². The second-order valence-electron chi connectivity index (χ2n) is 4.40. The van der Waals surface area contributed by atoms with Gasteiger partial charge < -0.3 is 11.1 Å². The molecule has 2 heterocycles. The molecule has 1 saturated heterocycles. The Morgan fingerprint density at radius 3 is 2.88 bits per heavy atom. The van der Waals surface area contributed by atoms with Crippen LogP contribution < -0.4 is 11.1 Å². The molecule has 1 aliphatic rings. The Hall–Kier alpha value is -1.58. The Bertz CT molecular complexity index is 405. The van der Waals surface area contributed by atoms with E-state index in [2.05, 4.69) is 10.3 Å². The van der Waals surface area contributed by atoms with Gasteiger partial charge in [0.1, 0.15) is 0 Å². The second kappa shape index (κ2) is 4.12. The third-order valence-corrected chi connectivity index (χ3v) is 3.14. The number of carbonyl (C=O) groups is 1. The first-order chi connectivity index (χ1) is 7.58. The molecule has 1 atom stereocenters. The minimum absolute atomic E-state index is 0.116. The van der Waals surface area contributed by atoms with Crippen LogP contribution in [0, 0.1) is 13.8 Å². The van der Waals surface area contributed by atoms with Crippen LogP contribution in [0.15, 0.2) is 6.07 Å². The number of pyridine rings is 1. The summed E-state index contributed by atoms with van der Waals surface area (Å²) in [6.07, 6.45) is 1.50. The summed E-state index contributed by atoms with van der Waals surface area (Å²) in [6.45, 7) is 4.64. The lowest BCUT2D eigenvalue weighted by atomic mass is 9.92. The van der Waals surface area contributed by atoms with Crippen molar-refractivity contribution in [3.8, 4) is 0 Å². The highest BCUT2D eigenvalue weighted by atomic mass is 16.1. The molecule has 1 fully saturated rings. The number of aryl methyl sites for hydroxylation is 2. The molecular weight excluding hydrogens is 202 g/mol. The summed E-state index contributed by atoms with van der Waals surface area (Å²) in [5.74, 6) is 0.358. The normalized spacial score (nSPS) is 20.6. The number of hydrogen-bond acceptors (Lipinski definition) is 3. The Morgan fingerprint density at radius 2 is 2.25 bits per heavy atom. The highest BCUT2D eigenvalue weighted by Crippen LogP contribution is 2.27. The summed E-state index contributed by atoms with van der Waals surface area (Å²) < 4.78 is 0. The lowest BCUT2D eigenvalue weighted by Gasteiger charge is -2.22. The van der Waals surface area contributed by atoms with Crippen molar-refractivity contribution in [2.24, 2.45) is 0 Å². The third-order valence-electron chi connectivity index (χ3n) is 3.14. The summed E-state index contributed by atoms with van der Waals surface area (Å²) in [7, 11) is 0. The zero-order chi connectivity index (χ0) is 11.7. The number of piperidine rings is 1. The molecular formula is C12H17N3O. The van der Waals surface area contributed by atoms with Crippen molar-refractivity contribution in [1.82, 2.24) is 10.3 Å². The molecule has 0 unspecified atom stereocenters. The van der Waals surface area contributed by atoms with E-state index < -0.39 is 0 Å². The number of anilines is 1. The molecule has 0 radical (unpaired) electrons. The second-order valence-corrected chi connectivity index (χ2v) is 4.40. The van der Waals surface area contributed by atoms with E-state index in [9.17, 15) is 4.79 Å². The van der Waals surface area contributed by atoms with Crippen LogP contribution >= 0.6 is 0 Å². The average molecular weight is 219 g/mol. The number of nitrogens with one attached hydrogen (secondary N) is 1. The van der Waals surface area contributed by atoms with Gasteiger partial charge in [-0.2, -0.15) is 0 Å². The fourth-order valence-corrected chi connectivity index (χ4v) is 2.12. The van der Waals surface area contributed by atoms with Crippen LogP contribution in [0.4, 0.5) is 5.69 Å². The summed E-state index contributed by atoms with van der Waals surface area (Å²) >= 11 is 0. The van der Waals surface area contributed by atoms with Crippen LogP contribution in [-0.2, 0) is 4.79 Å². The van der Waals surface area contributed by atoms with Crippen molar-refractivity contribution in [3.05, 3.63) is 23.0 Å². The highest BCUT2D eigenvalue weighted by molar-refractivity contribution is 5.77. The largest absolute Gasteiger partial charge is 0.397 e. The first-order valence-corrected chi connectivity index (χ1v) is 5.58. The van der Waals surface area contributed by atoms with Crippen molar-refractivity contribution in [1.29, 1.82) is 0 Å². The molecule has 3 N–H and O–H groups in total. The fraction of sp³-hybridized carbons (Fsp3) is 0.500. The molecule has 0 aromatic carbocycles. The van der Waals surface area contributed by atoms with E-state index in [0.29, 0.717) is 6.42 Å². The molecule has 1 aromatic rings. The number of amides is 1. The zero-order valence-corrected chi connectivity index (χ0v) is 9.71. The predicted molar refractivity (Wildman–Crippen MR) is 63.1 cm³/mol. The number of nitrogens with two attached hydrogens (primary N) is 1. The number of nitrogen functional groups attached to an aromatic ring is 1. The van der Waals surface area contributed by atoms with Crippen LogP contribution in [-0.4, -0.2) is 17.4 Å². The molecule has 1 aromatic heterocycles. The molecule has 4 nitrogen and oxygen atoms in total. The zero-order valence-electron chi connectivity index (χ0n) is 9.71. The third kappa shape index (κ3) is 2.01. The molecule has 1 aliphatic heterocycles. The van der Waals surface area contributed by atoms with Gasteiger partial charge in [-0.1, -0.05) is 0 Å². The number of nitrogens with zero attached hydrogens (tertiary/aromatic N) is 1. The first-order valence-electron chi connectivity index (χ1n) is 5.58. The van der Waals surface area contributed by atoms with Gasteiger partial charge in [0.2, 0.25) is 5.91 Å². The Balaban J connectivity index is 2.30. The summed E-state index contributed by atoms with van der Waals surface area (Å²) in [5, 5.41) is 2.83. The van der Waals surface area contributed by atoms with Gasteiger partial charge >= 0.3 is 0 Å². The molecule has 4 heteroatoms. The Labute approximate surface area is 95.3 Å². The molecule has 0 aliphatic carbocycles. The van der Waals surface area contributed by atoms with Gasteiger partial charge in [0.05, 0.1) is 11.4 Å². The van der Waals surface area contributed by atoms with Crippen molar-refractivity contribution >= 4 is 11.6 Å². The van der Waals surface area contributed by atoms with Crippen LogP contribution in [0.2, 0.25) is 0 Å². The van der Waals surface area contributed by atoms with Gasteiger partial charge in [-0.25, -0.2) is 0 Å². The molecule has 16 heavy (non-hydrogen) atoms. The Morgan fingerprint density at radius 1 is 1.50 bits per heavy atom. The number of hydrogen-bond donors (Lipinski definition) is 2. The quantitative estimate of drug-likeness (QED) is 0.747. The molecule has 0 saturated carbocycles. The smallest absolute Gasteiger partial charge is 0.220 e. The van der Waals surface area contributed by atoms with Crippen molar-refractivity contribution in [2.75, 3.05) is 12.3 Å². The summed E-state index contributed by atoms with van der Waals surface area (Å²) in [6, 6.07) is 2.01. The summed E-state index contributed by atoms with van der Waals surface area (Å²) in [4.78, 5) is 15.8. The van der Waals surface area contributed by atoms with Crippen molar-refractivity contribution in [2.45, 2.75) is 32.6 Å². The van der Waals surface area contributed by atoms with E-state index in [1.807, 2.05) is 19.9 Å². The topological polar surface area (TPSA) is 68.0 Å². The van der Waals surface area contributed by atoms with E-state index in [4.69, 9.17) is 5.73 Å². The minimum Gasteiger partial charge on any atom is -0.397 e. The molecule has 0 bridgehead atoms. The van der Waals surface area contributed by atoms with Crippen molar-refractivity contribution in [3.63, 3.8) is 0 Å². The van der Waals surface area contributed by atoms with Gasteiger partial charge in [-0.15, -0.1) is 0 Å². The van der Waals surface area contributed by atoms with Gasteiger partial charge in [0.15, 0.2) is 0 Å². The lowest BCUT2D eigenvalue weighted by Crippen LogP contribution is -2.33. The minimum atomic E-state index is 0.116. The van der Waals surface area contributed by atoms with E-state index in [0.717, 1.165) is 35.6 Å². The highest BCUT2D eigenvalue weighted by Gasteiger charge is 2.22. The van der Waals surface area contributed by atoms with Crippen LogP contribution in [0.25, 0.3) is 0 Å². The van der Waals surface area contributed by atoms with Crippen LogP contribution in [0.3, 0.4) is 0 Å². The lowest BCUT2D eigenvalue weighted by molar-refractivity contribution is -0.122. The maximum absolute atomic E-state index is 11.3. The Kier molecular flexibility index (Phi) is 2.81.